The van der Waals surface area contributed by atoms with Crippen molar-refractivity contribution in [1.29, 1.82) is 0 Å². The number of hydrogen-bond acceptors (Lipinski definition) is 30. The number of ketones is 3. The molecule has 676 valence electrons. The minimum Gasteiger partial charge on any atom is -0.459 e. The van der Waals surface area contributed by atoms with Crippen LogP contribution in [0.15, 0.2) is 82.7 Å². The maximum absolute atomic E-state index is 14.7. The molecule has 0 unspecified atom stereocenters. The summed E-state index contributed by atoms with van der Waals surface area (Å²) >= 11 is 0. The minimum atomic E-state index is -2.49. The number of fused-ring (bicyclic) bond motifs is 5. The molecule has 9 rings (SSSR count). The molecule has 0 spiro atoms. The first-order valence-electron chi connectivity index (χ1n) is 43.3. The number of nitrogen functional groups attached to an aromatic ring is 2. The molecule has 1 aliphatic carbocycles. The zero-order valence-electron chi connectivity index (χ0n) is 72.9. The molecule has 2 amide bonds. The fourth-order valence-electron chi connectivity index (χ4n) is 16.1. The van der Waals surface area contributed by atoms with Gasteiger partial charge in [-0.15, -0.1) is 5.10 Å². The SMILES string of the molecule is CO[C@H]1C[C@@H]2CC[C@@H](C)[C@@](O)(O2)C(=O)C(=O)N2CCCC[C@H]2C(=O)O[C@H]([C@H](N)C[C@@H]2CC[C@@H](OCCC(C)(C)Cc3cn(CCOCCOCCOCCOCCOCCOCCC(=O)NCCCCn4nc(-c5ccc6oc(N)nc6c5)c5c(N)ncnc54)nn3)[C@H](OC)C2)CC(=O)[C@H](C)/C=C(\C)[C@@H](O)[C@@H](O)C(=O)[C@H](C)C[C@H](C)/C=C/C=C/C=C/1C. The van der Waals surface area contributed by atoms with Crippen molar-refractivity contribution in [1.82, 2.24) is 49.9 Å². The molecule has 7 heterocycles. The van der Waals surface area contributed by atoms with Crippen molar-refractivity contribution in [2.45, 2.75) is 238 Å². The van der Waals surface area contributed by atoms with Gasteiger partial charge in [-0.2, -0.15) is 10.1 Å². The highest BCUT2D eigenvalue weighted by molar-refractivity contribution is 6.39. The van der Waals surface area contributed by atoms with Crippen LogP contribution in [0, 0.1) is 35.0 Å². The summed E-state index contributed by atoms with van der Waals surface area (Å²) in [4.78, 5) is 98.2. The van der Waals surface area contributed by atoms with E-state index in [1.807, 2.05) is 62.6 Å². The molecule has 10 N–H and O–H groups in total. The number of aromatic nitrogens is 8. The van der Waals surface area contributed by atoms with E-state index in [0.29, 0.717) is 197 Å². The lowest BCUT2D eigenvalue weighted by Gasteiger charge is -2.42. The molecule has 122 heavy (non-hydrogen) atoms. The number of oxazole rings is 1. The molecule has 1 saturated carbocycles. The number of aliphatic hydroxyl groups is 3. The predicted molar refractivity (Wildman–Crippen MR) is 454 cm³/mol. The van der Waals surface area contributed by atoms with Crippen molar-refractivity contribution in [3.8, 4) is 11.3 Å². The summed E-state index contributed by atoms with van der Waals surface area (Å²) in [5, 5.41) is 51.9. The summed E-state index contributed by atoms with van der Waals surface area (Å²) in [7, 11) is 3.21. The van der Waals surface area contributed by atoms with Gasteiger partial charge in [-0.25, -0.2) is 24.1 Å². The van der Waals surface area contributed by atoms with Crippen LogP contribution >= 0.6 is 0 Å². The van der Waals surface area contributed by atoms with Gasteiger partial charge < -0.3 is 99.3 Å². The molecule has 2 saturated heterocycles. The molecule has 34 heteroatoms. The van der Waals surface area contributed by atoms with Gasteiger partial charge in [0.15, 0.2) is 17.0 Å². The van der Waals surface area contributed by atoms with Crippen LogP contribution in [-0.2, 0) is 100 Å². The number of carbonyl (C=O) groups excluding carboxylic acids is 6. The van der Waals surface area contributed by atoms with Crippen LogP contribution < -0.4 is 22.5 Å². The Kier molecular flexibility index (Phi) is 39.1. The number of anilines is 2. The minimum absolute atomic E-state index is 0.0232. The van der Waals surface area contributed by atoms with E-state index in [9.17, 15) is 44.1 Å². The van der Waals surface area contributed by atoms with Crippen LogP contribution in [0.3, 0.4) is 0 Å². The van der Waals surface area contributed by atoms with Gasteiger partial charge in [0, 0.05) is 95.3 Å². The van der Waals surface area contributed by atoms with Gasteiger partial charge >= 0.3 is 5.97 Å². The first-order valence-corrected chi connectivity index (χ1v) is 43.3. The fraction of sp³-hybridized carbons (Fsp3) is 0.682. The second kappa shape index (κ2) is 48.9. The third kappa shape index (κ3) is 29.2. The maximum Gasteiger partial charge on any atom is 0.329 e. The topological polar surface area (TPSA) is 458 Å². The van der Waals surface area contributed by atoms with Crippen molar-refractivity contribution in [2.24, 2.45) is 40.7 Å². The number of aliphatic hydroxyl groups excluding tert-OH is 2. The molecule has 5 aromatic rings. The van der Waals surface area contributed by atoms with E-state index in [1.54, 1.807) is 50.4 Å². The Bertz CT molecular complexity index is 4280. The van der Waals surface area contributed by atoms with E-state index in [2.05, 4.69) is 44.4 Å². The fourth-order valence-corrected chi connectivity index (χ4v) is 16.1. The van der Waals surface area contributed by atoms with Gasteiger partial charge in [-0.1, -0.05) is 83.2 Å². The second-order valence-electron chi connectivity index (χ2n) is 33.7. The number of nitrogens with zero attached hydrogens (tertiary/aromatic N) is 9. The van der Waals surface area contributed by atoms with Crippen LogP contribution in [0.25, 0.3) is 33.4 Å². The summed E-state index contributed by atoms with van der Waals surface area (Å²) in [5.74, 6) is -8.71. The molecule has 4 aliphatic rings. The molecule has 34 nitrogen and oxygen atoms in total. The number of carbonyl (C=O) groups is 6. The number of allylic oxidation sites excluding steroid dienone is 6. The van der Waals surface area contributed by atoms with Gasteiger partial charge in [-0.05, 0) is 150 Å². The van der Waals surface area contributed by atoms with E-state index in [4.69, 9.17) is 78.8 Å². The lowest BCUT2D eigenvalue weighted by Crippen LogP contribution is -2.61. The quantitative estimate of drug-likeness (QED) is 0.00861. The molecule has 3 fully saturated rings. The molecule has 15 atom stereocenters. The van der Waals surface area contributed by atoms with Crippen molar-refractivity contribution in [3.05, 3.63) is 84.0 Å². The Morgan fingerprint density at radius 3 is 2.18 bits per heavy atom. The molecule has 1 aromatic carbocycles. The number of aryl methyl sites for hydroxylation is 1. The van der Waals surface area contributed by atoms with Gasteiger partial charge in [0.05, 0.1) is 121 Å². The van der Waals surface area contributed by atoms with E-state index < -0.39 is 95.4 Å². The number of ether oxygens (including phenoxy) is 11. The zero-order chi connectivity index (χ0) is 87.9. The summed E-state index contributed by atoms with van der Waals surface area (Å²) in [6.07, 6.45) is 15.6. The molecule has 2 bridgehead atoms. The number of amides is 2. The number of unbranched alkanes of at least 4 members (excludes halogenated alkanes) is 1. The van der Waals surface area contributed by atoms with Gasteiger partial charge in [-0.3, -0.25) is 24.0 Å². The maximum atomic E-state index is 14.7. The highest BCUT2D eigenvalue weighted by atomic mass is 16.6. The molecular weight excluding hydrogens is 1580 g/mol. The van der Waals surface area contributed by atoms with Gasteiger partial charge in [0.1, 0.15) is 53.5 Å². The summed E-state index contributed by atoms with van der Waals surface area (Å²) in [6.45, 7) is 21.5. The van der Waals surface area contributed by atoms with Crippen LogP contribution in [0.5, 0.6) is 0 Å². The number of esters is 1. The van der Waals surface area contributed by atoms with Crippen molar-refractivity contribution in [2.75, 3.05) is 125 Å². The number of methoxy groups -OCH3 is 2. The second-order valence-corrected chi connectivity index (χ2v) is 33.7. The number of hydrogen-bond donors (Lipinski definition) is 7. The Morgan fingerprint density at radius 2 is 1.48 bits per heavy atom. The van der Waals surface area contributed by atoms with E-state index in [-0.39, 0.29) is 85.8 Å². The van der Waals surface area contributed by atoms with E-state index >= 15 is 0 Å². The van der Waals surface area contributed by atoms with Gasteiger partial charge in [0.25, 0.3) is 17.7 Å². The van der Waals surface area contributed by atoms with Gasteiger partial charge in [0.2, 0.25) is 11.7 Å². The Labute approximate surface area is 715 Å². The average molecular weight is 1710 g/mol. The van der Waals surface area contributed by atoms with Crippen LogP contribution in [-0.4, -0.2) is 269 Å². The number of cyclic esters (lactones) is 1. The smallest absolute Gasteiger partial charge is 0.329 e. The van der Waals surface area contributed by atoms with Crippen molar-refractivity contribution in [3.63, 3.8) is 0 Å². The molecule has 3 aliphatic heterocycles. The Morgan fingerprint density at radius 1 is 0.770 bits per heavy atom. The number of Topliss-reactive ketones (excluding diaryl/α,β-unsaturated/α-hetero) is 3. The summed E-state index contributed by atoms with van der Waals surface area (Å²) in [5.41, 5.74) is 24.0. The predicted octanol–water partition coefficient (Wildman–Crippen LogP) is 7.69. The lowest BCUT2D eigenvalue weighted by molar-refractivity contribution is -0.265. The number of piperidine rings is 1. The zero-order valence-corrected chi connectivity index (χ0v) is 72.9. The van der Waals surface area contributed by atoms with Crippen molar-refractivity contribution >= 4 is 69.1 Å². The van der Waals surface area contributed by atoms with E-state index in [1.165, 1.54) is 19.3 Å². The summed E-state index contributed by atoms with van der Waals surface area (Å²) in [6, 6.07) is 3.43. The molecule has 4 aromatic heterocycles. The normalized spacial score (nSPS) is 27.3. The largest absolute Gasteiger partial charge is 0.459 e. The van der Waals surface area contributed by atoms with Crippen LogP contribution in [0.1, 0.15) is 164 Å². The van der Waals surface area contributed by atoms with Crippen LogP contribution in [0.4, 0.5) is 11.8 Å². The number of nitrogens with one attached hydrogen (secondary N) is 1. The highest BCUT2D eigenvalue weighted by Crippen LogP contribution is 2.39. The monoisotopic (exact) mass is 1710 g/mol. The third-order valence-corrected chi connectivity index (χ3v) is 23.5. The number of benzene rings is 1. The third-order valence-electron chi connectivity index (χ3n) is 23.5. The standard InChI is InChI=1S/C88H133N13O21/c1-56-18-12-11-13-19-57(2)72(111-9)51-65-24-21-61(6)88(110,122-65)81(107)84(108)100-30-16-14-20-68(100)85(109)120-73(52-69(102)58(3)47-60(5)79(105)80(106)78(104)59(4)46-56)66(89)48-62-22-25-71(74(49-62)112-10)119-34-28-87(7,8)53-64-54-99(98-96-64)32-35-114-37-39-116-41-43-118-45-44-117-42-40-115-38-36-113-33-27-75(103)92-29-15-17-31-101-83-76(82(90)93-55-94-83)77(97-101)63-23-26-70-67(50-63)95-86(91)121-70/h11-13,18-19,23,26,47,50,54-56,58-59,61-62,65-66,68,71-74,79-80,105-106,110H,14-17,20-22,24-25,27-46,48-49,51-53,89H2,1-10H3,(H2,91,95)(H,92,103)(H2,90,93,94)/b13-11+,18-12+,57-19+,60-47+/t56-,58-,59-,61-,62+,65+,66-,68+,71-,72+,73+,74-,79-,80+,88-/m1/s1. The highest BCUT2D eigenvalue weighted by Gasteiger charge is 2.53. The lowest BCUT2D eigenvalue weighted by atomic mass is 9.80. The number of nitrogens with two attached hydrogens (primary N) is 3. The molecular formula is C88H133N13O21. The Balaban J connectivity index is 0.629. The first-order chi connectivity index (χ1) is 58.6. The average Bonchev–Trinajstić information content (AvgIpc) is 1.57. The van der Waals surface area contributed by atoms with Crippen molar-refractivity contribution < 1.29 is 101 Å². The Hall–Kier alpha value is -8.20. The first kappa shape index (κ1) is 97.6. The summed E-state index contributed by atoms with van der Waals surface area (Å²) < 4.78 is 73.9. The van der Waals surface area contributed by atoms with E-state index in [0.717, 1.165) is 41.0 Å². The van der Waals surface area contributed by atoms with Crippen LogP contribution in [0.2, 0.25) is 0 Å². The number of rotatable bonds is 38. The molecule has 0 radical (unpaired) electrons.